The summed E-state index contributed by atoms with van der Waals surface area (Å²) in [6.45, 7) is 7.94. The monoisotopic (exact) mass is 301 g/mol. The van der Waals surface area contributed by atoms with E-state index < -0.39 is 0 Å². The SMILES string of the molecule is COc1cccn2c(C(=O)N3CC(C)CC(C)C3)c(C)nc12. The lowest BCUT2D eigenvalue weighted by atomic mass is 9.91. The summed E-state index contributed by atoms with van der Waals surface area (Å²) in [4.78, 5) is 19.5. The number of aryl methyl sites for hydroxylation is 1. The van der Waals surface area contributed by atoms with E-state index in [-0.39, 0.29) is 5.91 Å². The number of amides is 1. The molecule has 1 aliphatic rings. The second-order valence-electron chi connectivity index (χ2n) is 6.47. The first-order valence-electron chi connectivity index (χ1n) is 7.82. The number of fused-ring (bicyclic) bond motifs is 1. The van der Waals surface area contributed by atoms with E-state index in [0.717, 1.165) is 18.8 Å². The first kappa shape index (κ1) is 14.9. The summed E-state index contributed by atoms with van der Waals surface area (Å²) in [5.74, 6) is 1.84. The van der Waals surface area contributed by atoms with Gasteiger partial charge in [0.1, 0.15) is 5.69 Å². The molecule has 2 atom stereocenters. The molecule has 1 fully saturated rings. The van der Waals surface area contributed by atoms with Crippen molar-refractivity contribution >= 4 is 11.6 Å². The number of imidazole rings is 1. The number of rotatable bonds is 2. The fourth-order valence-corrected chi connectivity index (χ4v) is 3.55. The molecule has 3 heterocycles. The number of piperidine rings is 1. The molecule has 0 bridgehead atoms. The van der Waals surface area contributed by atoms with E-state index in [1.54, 1.807) is 7.11 Å². The number of nitrogens with zero attached hydrogens (tertiary/aromatic N) is 3. The minimum absolute atomic E-state index is 0.0663. The van der Waals surface area contributed by atoms with Gasteiger partial charge in [-0.1, -0.05) is 13.8 Å². The van der Waals surface area contributed by atoms with Crippen LogP contribution < -0.4 is 4.74 Å². The summed E-state index contributed by atoms with van der Waals surface area (Å²) in [6, 6.07) is 3.74. The van der Waals surface area contributed by atoms with Gasteiger partial charge in [0, 0.05) is 19.3 Å². The fraction of sp³-hybridized carbons (Fsp3) is 0.529. The standard InChI is InChI=1S/C17H23N3O2/c1-11-8-12(2)10-19(9-11)17(21)15-13(3)18-16-14(22-4)6-5-7-20(15)16/h5-7,11-12H,8-10H2,1-4H3. The Balaban J connectivity index is 2.02. The van der Waals surface area contributed by atoms with Crippen molar-refractivity contribution in [2.45, 2.75) is 27.2 Å². The number of ether oxygens (including phenoxy) is 1. The number of pyridine rings is 1. The van der Waals surface area contributed by atoms with Crippen molar-refractivity contribution in [1.29, 1.82) is 0 Å². The molecular weight excluding hydrogens is 278 g/mol. The van der Waals surface area contributed by atoms with Crippen LogP contribution in [0.1, 0.15) is 36.5 Å². The number of carbonyl (C=O) groups excluding carboxylic acids is 1. The lowest BCUT2D eigenvalue weighted by molar-refractivity contribution is 0.0615. The highest BCUT2D eigenvalue weighted by Gasteiger charge is 2.29. The van der Waals surface area contributed by atoms with Crippen LogP contribution in [0.15, 0.2) is 18.3 Å². The molecule has 22 heavy (non-hydrogen) atoms. The predicted molar refractivity (Wildman–Crippen MR) is 85.3 cm³/mol. The molecule has 2 aromatic rings. The molecule has 0 aromatic carbocycles. The number of methoxy groups -OCH3 is 1. The zero-order valence-electron chi connectivity index (χ0n) is 13.7. The van der Waals surface area contributed by atoms with E-state index >= 15 is 0 Å². The van der Waals surface area contributed by atoms with Crippen LogP contribution in [-0.4, -0.2) is 40.4 Å². The third kappa shape index (κ3) is 2.45. The predicted octanol–water partition coefficient (Wildman–Crippen LogP) is 2.77. The largest absolute Gasteiger partial charge is 0.493 e. The van der Waals surface area contributed by atoms with Crippen LogP contribution in [0.2, 0.25) is 0 Å². The summed E-state index contributed by atoms with van der Waals surface area (Å²) in [7, 11) is 1.62. The lowest BCUT2D eigenvalue weighted by Gasteiger charge is -2.35. The average Bonchev–Trinajstić information content (AvgIpc) is 2.81. The first-order valence-corrected chi connectivity index (χ1v) is 7.82. The molecule has 2 unspecified atom stereocenters. The van der Waals surface area contributed by atoms with Crippen LogP contribution in [-0.2, 0) is 0 Å². The third-order valence-corrected chi connectivity index (χ3v) is 4.37. The van der Waals surface area contributed by atoms with E-state index in [4.69, 9.17) is 4.74 Å². The second kappa shape index (κ2) is 5.63. The Hall–Kier alpha value is -2.04. The molecule has 0 saturated carbocycles. The summed E-state index contributed by atoms with van der Waals surface area (Å²) in [5.41, 5.74) is 2.10. The quantitative estimate of drug-likeness (QED) is 0.857. The molecule has 5 heteroatoms. The van der Waals surface area contributed by atoms with E-state index in [9.17, 15) is 4.79 Å². The van der Waals surface area contributed by atoms with Gasteiger partial charge in [-0.3, -0.25) is 9.20 Å². The first-order chi connectivity index (χ1) is 10.5. The number of hydrogen-bond acceptors (Lipinski definition) is 3. The summed E-state index contributed by atoms with van der Waals surface area (Å²) in [6.07, 6.45) is 3.06. The number of likely N-dealkylation sites (tertiary alicyclic amines) is 1. The Morgan fingerprint density at radius 2 is 2.00 bits per heavy atom. The lowest BCUT2D eigenvalue weighted by Crippen LogP contribution is -2.43. The van der Waals surface area contributed by atoms with Crippen LogP contribution in [0.3, 0.4) is 0 Å². The van der Waals surface area contributed by atoms with Gasteiger partial charge >= 0.3 is 0 Å². The van der Waals surface area contributed by atoms with Crippen molar-refractivity contribution < 1.29 is 9.53 Å². The highest BCUT2D eigenvalue weighted by atomic mass is 16.5. The van der Waals surface area contributed by atoms with Crippen molar-refractivity contribution in [3.63, 3.8) is 0 Å². The van der Waals surface area contributed by atoms with Gasteiger partial charge in [-0.05, 0) is 37.3 Å². The van der Waals surface area contributed by atoms with Crippen molar-refractivity contribution in [3.05, 3.63) is 29.7 Å². The minimum atomic E-state index is 0.0663. The molecule has 2 aromatic heterocycles. The van der Waals surface area contributed by atoms with E-state index in [1.165, 1.54) is 6.42 Å². The highest BCUT2D eigenvalue weighted by molar-refractivity contribution is 5.95. The van der Waals surface area contributed by atoms with E-state index in [2.05, 4.69) is 18.8 Å². The Morgan fingerprint density at radius 1 is 1.32 bits per heavy atom. The highest BCUT2D eigenvalue weighted by Crippen LogP contribution is 2.26. The van der Waals surface area contributed by atoms with Crippen LogP contribution in [0.5, 0.6) is 5.75 Å². The Labute approximate surface area is 130 Å². The van der Waals surface area contributed by atoms with Crippen LogP contribution in [0.4, 0.5) is 0 Å². The second-order valence-corrected chi connectivity index (χ2v) is 6.47. The Bertz CT molecular complexity index is 697. The molecule has 0 radical (unpaired) electrons. The molecule has 0 spiro atoms. The zero-order valence-corrected chi connectivity index (χ0v) is 13.7. The molecule has 1 aliphatic heterocycles. The van der Waals surface area contributed by atoms with E-state index in [0.29, 0.717) is 28.9 Å². The van der Waals surface area contributed by atoms with Gasteiger partial charge in [0.25, 0.3) is 5.91 Å². The van der Waals surface area contributed by atoms with Crippen LogP contribution in [0, 0.1) is 18.8 Å². The van der Waals surface area contributed by atoms with Gasteiger partial charge in [0.15, 0.2) is 11.4 Å². The number of aromatic nitrogens is 2. The number of hydrogen-bond donors (Lipinski definition) is 0. The molecule has 1 amide bonds. The molecule has 0 aliphatic carbocycles. The molecule has 118 valence electrons. The van der Waals surface area contributed by atoms with E-state index in [1.807, 2.05) is 34.6 Å². The molecule has 5 nitrogen and oxygen atoms in total. The van der Waals surface area contributed by atoms with Crippen molar-refractivity contribution in [1.82, 2.24) is 14.3 Å². The topological polar surface area (TPSA) is 46.8 Å². The Morgan fingerprint density at radius 3 is 2.64 bits per heavy atom. The van der Waals surface area contributed by atoms with Gasteiger partial charge in [-0.25, -0.2) is 4.98 Å². The van der Waals surface area contributed by atoms with Gasteiger partial charge < -0.3 is 9.64 Å². The smallest absolute Gasteiger partial charge is 0.272 e. The average molecular weight is 301 g/mol. The Kier molecular flexibility index (Phi) is 3.81. The maximum atomic E-state index is 13.0. The fourth-order valence-electron chi connectivity index (χ4n) is 3.55. The molecular formula is C17H23N3O2. The normalized spacial score (nSPS) is 22.1. The third-order valence-electron chi connectivity index (χ3n) is 4.37. The summed E-state index contributed by atoms with van der Waals surface area (Å²) >= 11 is 0. The van der Waals surface area contributed by atoms with Crippen molar-refractivity contribution in [3.8, 4) is 5.75 Å². The van der Waals surface area contributed by atoms with Gasteiger partial charge in [-0.2, -0.15) is 0 Å². The molecule has 0 N–H and O–H groups in total. The molecule has 1 saturated heterocycles. The van der Waals surface area contributed by atoms with Gasteiger partial charge in [-0.15, -0.1) is 0 Å². The maximum absolute atomic E-state index is 13.0. The van der Waals surface area contributed by atoms with Crippen LogP contribution >= 0.6 is 0 Å². The zero-order chi connectivity index (χ0) is 15.9. The maximum Gasteiger partial charge on any atom is 0.272 e. The summed E-state index contributed by atoms with van der Waals surface area (Å²) < 4.78 is 7.19. The van der Waals surface area contributed by atoms with Crippen LogP contribution in [0.25, 0.3) is 5.65 Å². The molecule has 3 rings (SSSR count). The summed E-state index contributed by atoms with van der Waals surface area (Å²) in [5, 5.41) is 0. The number of carbonyl (C=O) groups is 1. The van der Waals surface area contributed by atoms with Crippen molar-refractivity contribution in [2.24, 2.45) is 11.8 Å². The van der Waals surface area contributed by atoms with Crippen molar-refractivity contribution in [2.75, 3.05) is 20.2 Å². The van der Waals surface area contributed by atoms with Gasteiger partial charge in [0.05, 0.1) is 12.8 Å². The minimum Gasteiger partial charge on any atom is -0.493 e. The van der Waals surface area contributed by atoms with Gasteiger partial charge in [0.2, 0.25) is 0 Å².